The standard InChI is InChI=1S/C24H31N5O2S2.C2HF3O2/c1-16(2)14-32-22-11-10-20(33(30,31)25-5)12-21(22)29-24-13-23(26-15-27-24)28-19-8-6-18(7-9-19)17(3)4;3-2(4,5)1(6)7/h6-13,15-17,25H,14H2,1-5H3,(H2,26,27,28,29);(H,6,7). The number of aliphatic carboxylic acids is 1. The van der Waals surface area contributed by atoms with Gasteiger partial charge in [0.15, 0.2) is 0 Å². The molecule has 0 spiro atoms. The Morgan fingerprint density at radius 1 is 0.975 bits per heavy atom. The number of carboxylic acid groups (broad SMARTS) is 1. The number of hydrogen-bond acceptors (Lipinski definition) is 8. The van der Waals surface area contributed by atoms with Crippen molar-refractivity contribution in [2.75, 3.05) is 23.4 Å². The van der Waals surface area contributed by atoms with Crippen LogP contribution in [0.25, 0.3) is 0 Å². The van der Waals surface area contributed by atoms with Crippen LogP contribution in [0.2, 0.25) is 0 Å². The van der Waals surface area contributed by atoms with Crippen LogP contribution >= 0.6 is 11.8 Å². The highest BCUT2D eigenvalue weighted by atomic mass is 32.2. The van der Waals surface area contributed by atoms with Crippen LogP contribution in [-0.2, 0) is 14.8 Å². The lowest BCUT2D eigenvalue weighted by Gasteiger charge is -2.15. The molecule has 218 valence electrons. The molecule has 0 bridgehead atoms. The summed E-state index contributed by atoms with van der Waals surface area (Å²) in [5.41, 5.74) is 2.88. The predicted molar refractivity (Wildman–Crippen MR) is 151 cm³/mol. The Morgan fingerprint density at radius 3 is 2.05 bits per heavy atom. The zero-order valence-electron chi connectivity index (χ0n) is 22.6. The van der Waals surface area contributed by atoms with E-state index < -0.39 is 22.2 Å². The van der Waals surface area contributed by atoms with Gasteiger partial charge in [0.1, 0.15) is 18.0 Å². The largest absolute Gasteiger partial charge is 0.490 e. The molecule has 40 heavy (non-hydrogen) atoms. The summed E-state index contributed by atoms with van der Waals surface area (Å²) in [6.07, 6.45) is -3.61. The van der Waals surface area contributed by atoms with Crippen LogP contribution in [0.3, 0.4) is 0 Å². The first-order chi connectivity index (χ1) is 18.6. The highest BCUT2D eigenvalue weighted by molar-refractivity contribution is 7.99. The normalized spacial score (nSPS) is 11.7. The van der Waals surface area contributed by atoms with Gasteiger partial charge in [-0.25, -0.2) is 27.9 Å². The molecule has 3 rings (SSSR count). The Morgan fingerprint density at radius 2 is 1.55 bits per heavy atom. The third-order valence-electron chi connectivity index (χ3n) is 5.12. The zero-order valence-corrected chi connectivity index (χ0v) is 24.2. The molecule has 14 heteroatoms. The molecule has 0 aliphatic carbocycles. The number of nitrogens with zero attached hydrogens (tertiary/aromatic N) is 2. The van der Waals surface area contributed by atoms with Gasteiger partial charge in [0, 0.05) is 22.4 Å². The van der Waals surface area contributed by atoms with E-state index in [9.17, 15) is 21.6 Å². The fourth-order valence-corrected chi connectivity index (χ4v) is 4.70. The maximum atomic E-state index is 12.3. The fourth-order valence-electron chi connectivity index (χ4n) is 3.01. The molecule has 4 N–H and O–H groups in total. The van der Waals surface area contributed by atoms with Crippen molar-refractivity contribution in [1.82, 2.24) is 14.7 Å². The lowest BCUT2D eigenvalue weighted by atomic mass is 10.0. The van der Waals surface area contributed by atoms with E-state index in [1.54, 1.807) is 30.0 Å². The summed E-state index contributed by atoms with van der Waals surface area (Å²) in [4.78, 5) is 18.7. The molecule has 0 saturated carbocycles. The maximum absolute atomic E-state index is 12.3. The number of anilines is 4. The molecule has 0 aliphatic heterocycles. The number of halogens is 3. The molecule has 3 aromatic rings. The third kappa shape index (κ3) is 10.3. The Kier molecular flexibility index (Phi) is 11.8. The average Bonchev–Trinajstić information content (AvgIpc) is 2.88. The lowest BCUT2D eigenvalue weighted by Crippen LogP contribution is -2.21. The maximum Gasteiger partial charge on any atom is 0.490 e. The summed E-state index contributed by atoms with van der Waals surface area (Å²) in [6.45, 7) is 8.62. The second-order valence-electron chi connectivity index (χ2n) is 9.19. The van der Waals surface area contributed by atoms with Crippen molar-refractivity contribution in [3.05, 3.63) is 60.4 Å². The molecule has 1 aromatic heterocycles. The Balaban J connectivity index is 0.000000708. The van der Waals surface area contributed by atoms with Crippen molar-refractivity contribution in [3.8, 4) is 0 Å². The summed E-state index contributed by atoms with van der Waals surface area (Å²) in [5.74, 6) is 0.333. The van der Waals surface area contributed by atoms with Crippen LogP contribution < -0.4 is 15.4 Å². The third-order valence-corrected chi connectivity index (χ3v) is 8.04. The van der Waals surface area contributed by atoms with Gasteiger partial charge in [0.2, 0.25) is 10.0 Å². The van der Waals surface area contributed by atoms with Crippen molar-refractivity contribution in [2.45, 2.75) is 49.6 Å². The van der Waals surface area contributed by atoms with Gasteiger partial charge in [-0.2, -0.15) is 13.2 Å². The fraction of sp³-hybridized carbons (Fsp3) is 0.346. The minimum absolute atomic E-state index is 0.194. The summed E-state index contributed by atoms with van der Waals surface area (Å²) in [7, 11) is -2.16. The van der Waals surface area contributed by atoms with E-state index in [4.69, 9.17) is 9.90 Å². The van der Waals surface area contributed by atoms with Crippen molar-refractivity contribution in [3.63, 3.8) is 0 Å². The van der Waals surface area contributed by atoms with Crippen molar-refractivity contribution < 1.29 is 31.5 Å². The van der Waals surface area contributed by atoms with Gasteiger partial charge in [-0.15, -0.1) is 11.8 Å². The molecular weight excluding hydrogens is 567 g/mol. The lowest BCUT2D eigenvalue weighted by molar-refractivity contribution is -0.192. The monoisotopic (exact) mass is 599 g/mol. The number of benzene rings is 2. The first-order valence-electron chi connectivity index (χ1n) is 12.1. The van der Waals surface area contributed by atoms with Crippen LogP contribution in [0, 0.1) is 5.92 Å². The molecule has 0 aliphatic rings. The number of sulfonamides is 1. The molecule has 1 heterocycles. The van der Waals surface area contributed by atoms with E-state index in [1.807, 2.05) is 18.2 Å². The van der Waals surface area contributed by atoms with E-state index in [2.05, 4.69) is 65.2 Å². The number of nitrogens with one attached hydrogen (secondary N) is 3. The van der Waals surface area contributed by atoms with Gasteiger partial charge in [-0.3, -0.25) is 0 Å². The number of hydrogen-bond donors (Lipinski definition) is 4. The van der Waals surface area contributed by atoms with Crippen molar-refractivity contribution >= 4 is 50.8 Å². The van der Waals surface area contributed by atoms with Gasteiger partial charge in [-0.05, 0) is 54.8 Å². The number of carboxylic acids is 1. The Labute approximate surface area is 236 Å². The van der Waals surface area contributed by atoms with Crippen LogP contribution in [0.15, 0.2) is 64.6 Å². The topological polar surface area (TPSA) is 133 Å². The predicted octanol–water partition coefficient (Wildman–Crippen LogP) is 6.38. The number of aromatic nitrogens is 2. The number of rotatable bonds is 10. The molecule has 0 unspecified atom stereocenters. The second-order valence-corrected chi connectivity index (χ2v) is 12.1. The molecular formula is C26H32F3N5O4S2. The van der Waals surface area contributed by atoms with Crippen molar-refractivity contribution in [1.29, 1.82) is 0 Å². The summed E-state index contributed by atoms with van der Waals surface area (Å²) < 4.78 is 58.8. The van der Waals surface area contributed by atoms with Crippen LogP contribution in [0.1, 0.15) is 39.2 Å². The zero-order chi connectivity index (χ0) is 30.1. The minimum Gasteiger partial charge on any atom is -0.475 e. The first-order valence-corrected chi connectivity index (χ1v) is 14.6. The second kappa shape index (κ2) is 14.3. The minimum atomic E-state index is -5.08. The summed E-state index contributed by atoms with van der Waals surface area (Å²) >= 11 is 1.67. The highest BCUT2D eigenvalue weighted by Gasteiger charge is 2.38. The molecule has 2 aromatic carbocycles. The number of carbonyl (C=O) groups is 1. The van der Waals surface area contributed by atoms with E-state index in [0.29, 0.717) is 29.2 Å². The van der Waals surface area contributed by atoms with Crippen LogP contribution in [0.5, 0.6) is 0 Å². The average molecular weight is 600 g/mol. The molecule has 0 radical (unpaired) electrons. The molecule has 0 amide bonds. The van der Waals surface area contributed by atoms with Gasteiger partial charge < -0.3 is 15.7 Å². The van der Waals surface area contributed by atoms with Gasteiger partial charge in [0.05, 0.1) is 10.6 Å². The first kappa shape index (κ1) is 32.8. The van der Waals surface area contributed by atoms with E-state index in [-0.39, 0.29) is 4.90 Å². The van der Waals surface area contributed by atoms with Crippen LogP contribution in [-0.4, -0.2) is 48.4 Å². The quantitative estimate of drug-likeness (QED) is 0.196. The van der Waals surface area contributed by atoms with Gasteiger partial charge >= 0.3 is 12.1 Å². The Bertz CT molecular complexity index is 1380. The van der Waals surface area contributed by atoms with Crippen molar-refractivity contribution in [2.24, 2.45) is 5.92 Å². The highest BCUT2D eigenvalue weighted by Crippen LogP contribution is 2.33. The summed E-state index contributed by atoms with van der Waals surface area (Å²) in [6, 6.07) is 15.1. The molecule has 0 atom stereocenters. The number of thioether (sulfide) groups is 1. The summed E-state index contributed by atoms with van der Waals surface area (Å²) in [5, 5.41) is 13.7. The molecule has 0 fully saturated rings. The van der Waals surface area contributed by atoms with E-state index >= 15 is 0 Å². The molecule has 9 nitrogen and oxygen atoms in total. The number of alkyl halides is 3. The smallest absolute Gasteiger partial charge is 0.475 e. The Hall–Kier alpha value is -3.36. The van der Waals surface area contributed by atoms with E-state index in [1.165, 1.54) is 18.9 Å². The SMILES string of the molecule is CNS(=O)(=O)c1ccc(SCC(C)C)c(Nc2cc(Nc3ccc(C(C)C)cc3)ncn2)c1.O=C(O)C(F)(F)F. The van der Waals surface area contributed by atoms with Crippen LogP contribution in [0.4, 0.5) is 36.2 Å². The molecule has 0 saturated heterocycles. The van der Waals surface area contributed by atoms with Gasteiger partial charge in [0.25, 0.3) is 0 Å². The van der Waals surface area contributed by atoms with E-state index in [0.717, 1.165) is 16.3 Å². The van der Waals surface area contributed by atoms with Gasteiger partial charge in [-0.1, -0.05) is 39.8 Å².